The molecule has 1 aliphatic heterocycles. The van der Waals surface area contributed by atoms with Crippen molar-refractivity contribution >= 4 is 22.1 Å². The smallest absolute Gasteiger partial charge is 0.424 e. The zero-order valence-corrected chi connectivity index (χ0v) is 11.6. The lowest BCUT2D eigenvalue weighted by Gasteiger charge is -2.40. The molecule has 7 nitrogen and oxygen atoms in total. The van der Waals surface area contributed by atoms with Crippen LogP contribution in [0.4, 0.5) is 4.79 Å². The van der Waals surface area contributed by atoms with E-state index in [1.54, 1.807) is 13.8 Å². The van der Waals surface area contributed by atoms with Crippen LogP contribution < -0.4 is 0 Å². The highest BCUT2D eigenvalue weighted by Crippen LogP contribution is 2.30. The van der Waals surface area contributed by atoms with Crippen molar-refractivity contribution in [2.45, 2.75) is 38.3 Å². The molecule has 1 amide bonds. The van der Waals surface area contributed by atoms with Gasteiger partial charge in [0.25, 0.3) is 0 Å². The maximum absolute atomic E-state index is 11.7. The Bertz CT molecular complexity index is 455. The van der Waals surface area contributed by atoms with Crippen LogP contribution in [0.1, 0.15) is 26.7 Å². The first-order valence-corrected chi connectivity index (χ1v) is 7.21. The summed E-state index contributed by atoms with van der Waals surface area (Å²) in [6.07, 6.45) is 0.00233. The molecule has 0 radical (unpaired) electrons. The van der Waals surface area contributed by atoms with Gasteiger partial charge in [0.1, 0.15) is 5.60 Å². The first-order chi connectivity index (χ1) is 8.07. The number of rotatable bonds is 3. The molecule has 1 aliphatic rings. The van der Waals surface area contributed by atoms with Gasteiger partial charge in [0.05, 0.1) is 25.8 Å². The third kappa shape index (κ3) is 3.34. The molecule has 0 saturated carbocycles. The predicted molar refractivity (Wildman–Crippen MR) is 62.3 cm³/mol. The number of methoxy groups -OCH3 is 1. The number of nitrogens with zero attached hydrogens (tertiary/aromatic N) is 1. The first kappa shape index (κ1) is 14.7. The minimum Gasteiger partial charge on any atom is -0.469 e. The van der Waals surface area contributed by atoms with E-state index in [1.807, 2.05) is 0 Å². The van der Waals surface area contributed by atoms with Crippen LogP contribution in [-0.4, -0.2) is 49.8 Å². The maximum Gasteiger partial charge on any atom is 0.424 e. The molecule has 1 atom stereocenters. The van der Waals surface area contributed by atoms with Gasteiger partial charge in [-0.3, -0.25) is 4.79 Å². The van der Waals surface area contributed by atoms with Crippen LogP contribution in [0.15, 0.2) is 0 Å². The third-order valence-electron chi connectivity index (χ3n) is 2.59. The summed E-state index contributed by atoms with van der Waals surface area (Å²) in [5, 5.41) is 0. The van der Waals surface area contributed by atoms with Crippen molar-refractivity contribution < 1.29 is 27.5 Å². The van der Waals surface area contributed by atoms with Crippen molar-refractivity contribution in [2.24, 2.45) is 0 Å². The van der Waals surface area contributed by atoms with Crippen LogP contribution in [0.25, 0.3) is 0 Å². The fourth-order valence-corrected chi connectivity index (χ4v) is 2.96. The average molecular weight is 279 g/mol. The molecule has 104 valence electrons. The Morgan fingerprint density at radius 2 is 2.11 bits per heavy atom. The van der Waals surface area contributed by atoms with Gasteiger partial charge < -0.3 is 9.47 Å². The van der Waals surface area contributed by atoms with E-state index in [0.29, 0.717) is 4.31 Å². The molecule has 0 spiro atoms. The van der Waals surface area contributed by atoms with E-state index in [0.717, 1.165) is 6.26 Å². The molecule has 18 heavy (non-hydrogen) atoms. The molecular weight excluding hydrogens is 262 g/mol. The minimum atomic E-state index is -3.78. The minimum absolute atomic E-state index is 0.178. The Hall–Kier alpha value is -1.31. The number of hydrogen-bond donors (Lipinski definition) is 0. The summed E-state index contributed by atoms with van der Waals surface area (Å²) in [5.41, 5.74) is -0.809. The van der Waals surface area contributed by atoms with Gasteiger partial charge in [0.2, 0.25) is 10.0 Å². The quantitative estimate of drug-likeness (QED) is 0.699. The molecule has 0 N–H and O–H groups in total. The molecule has 1 unspecified atom stereocenters. The molecule has 1 heterocycles. The molecular formula is C10H17NO6S. The van der Waals surface area contributed by atoms with Gasteiger partial charge >= 0.3 is 12.1 Å². The lowest BCUT2D eigenvalue weighted by atomic mass is 9.95. The lowest BCUT2D eigenvalue weighted by Crippen LogP contribution is -2.55. The number of sulfonamides is 1. The molecule has 1 fully saturated rings. The van der Waals surface area contributed by atoms with Crippen LogP contribution in [0.5, 0.6) is 0 Å². The van der Waals surface area contributed by atoms with Gasteiger partial charge in [0, 0.05) is 6.42 Å². The van der Waals surface area contributed by atoms with Gasteiger partial charge in [-0.05, 0) is 13.8 Å². The van der Waals surface area contributed by atoms with Gasteiger partial charge in [0.15, 0.2) is 0 Å². The summed E-state index contributed by atoms with van der Waals surface area (Å²) in [6.45, 7) is 3.32. The summed E-state index contributed by atoms with van der Waals surface area (Å²) < 4.78 is 33.2. The van der Waals surface area contributed by atoms with Crippen molar-refractivity contribution in [1.29, 1.82) is 0 Å². The summed E-state index contributed by atoms with van der Waals surface area (Å²) in [7, 11) is -2.57. The number of carbonyl (C=O) groups is 2. The molecule has 8 heteroatoms. The second kappa shape index (κ2) is 4.75. The van der Waals surface area contributed by atoms with Crippen molar-refractivity contribution in [3.8, 4) is 0 Å². The normalized spacial score (nSPS) is 23.4. The SMILES string of the molecule is COC(=O)CC1CC(C)(C)OC(=O)N1S(C)(=O)=O. The lowest BCUT2D eigenvalue weighted by molar-refractivity contribution is -0.142. The Morgan fingerprint density at radius 1 is 1.56 bits per heavy atom. The zero-order chi connectivity index (χ0) is 14.1. The molecule has 0 aromatic carbocycles. The Morgan fingerprint density at radius 3 is 2.56 bits per heavy atom. The number of hydrogen-bond acceptors (Lipinski definition) is 6. The van der Waals surface area contributed by atoms with E-state index in [1.165, 1.54) is 7.11 Å². The Labute approximate surface area is 106 Å². The fraction of sp³-hybridized carbons (Fsp3) is 0.800. The second-order valence-corrected chi connectivity index (χ2v) is 6.68. The van der Waals surface area contributed by atoms with E-state index in [2.05, 4.69) is 4.74 Å². The number of carbonyl (C=O) groups excluding carboxylic acids is 2. The first-order valence-electron chi connectivity index (χ1n) is 5.36. The summed E-state index contributed by atoms with van der Waals surface area (Å²) >= 11 is 0. The average Bonchev–Trinajstić information content (AvgIpc) is 2.11. The van der Waals surface area contributed by atoms with Crippen molar-refractivity contribution in [1.82, 2.24) is 4.31 Å². The monoisotopic (exact) mass is 279 g/mol. The number of ether oxygens (including phenoxy) is 2. The molecule has 1 rings (SSSR count). The Balaban J connectivity index is 3.05. The summed E-state index contributed by atoms with van der Waals surface area (Å²) in [4.78, 5) is 23.0. The largest absolute Gasteiger partial charge is 0.469 e. The zero-order valence-electron chi connectivity index (χ0n) is 10.8. The van der Waals surface area contributed by atoms with E-state index >= 15 is 0 Å². The van der Waals surface area contributed by atoms with E-state index in [4.69, 9.17) is 4.74 Å². The number of esters is 1. The highest BCUT2D eigenvalue weighted by molar-refractivity contribution is 7.88. The second-order valence-electron chi connectivity index (χ2n) is 4.82. The summed E-state index contributed by atoms with van der Waals surface area (Å²) in [5.74, 6) is -0.570. The topological polar surface area (TPSA) is 90.0 Å². The molecule has 0 bridgehead atoms. The van der Waals surface area contributed by atoms with Crippen LogP contribution in [-0.2, 0) is 24.3 Å². The highest BCUT2D eigenvalue weighted by atomic mass is 32.2. The van der Waals surface area contributed by atoms with Crippen molar-refractivity contribution in [2.75, 3.05) is 13.4 Å². The van der Waals surface area contributed by atoms with Crippen LogP contribution in [0.2, 0.25) is 0 Å². The predicted octanol–water partition coefficient (Wildman–Crippen LogP) is 0.499. The number of cyclic esters (lactones) is 1. The van der Waals surface area contributed by atoms with E-state index < -0.39 is 33.7 Å². The number of amides is 1. The summed E-state index contributed by atoms with van der Waals surface area (Å²) in [6, 6.07) is -0.774. The van der Waals surface area contributed by atoms with Crippen molar-refractivity contribution in [3.05, 3.63) is 0 Å². The van der Waals surface area contributed by atoms with Crippen molar-refractivity contribution in [3.63, 3.8) is 0 Å². The molecule has 0 aromatic heterocycles. The fourth-order valence-electron chi connectivity index (χ4n) is 1.96. The van der Waals surface area contributed by atoms with Gasteiger partial charge in [-0.2, -0.15) is 0 Å². The molecule has 1 saturated heterocycles. The van der Waals surface area contributed by atoms with E-state index in [9.17, 15) is 18.0 Å². The van der Waals surface area contributed by atoms with Crippen LogP contribution in [0.3, 0.4) is 0 Å². The van der Waals surface area contributed by atoms with E-state index in [-0.39, 0.29) is 12.8 Å². The van der Waals surface area contributed by atoms with Crippen LogP contribution in [0, 0.1) is 0 Å². The van der Waals surface area contributed by atoms with Gasteiger partial charge in [-0.25, -0.2) is 17.5 Å². The molecule has 0 aliphatic carbocycles. The van der Waals surface area contributed by atoms with Gasteiger partial charge in [-0.15, -0.1) is 0 Å². The Kier molecular flexibility index (Phi) is 3.89. The van der Waals surface area contributed by atoms with Crippen LogP contribution >= 0.6 is 0 Å². The maximum atomic E-state index is 11.7. The standard InChI is InChI=1S/C10H17NO6S/c1-10(2)6-7(5-8(12)16-3)11(9(13)17-10)18(4,14)15/h7H,5-6H2,1-4H3. The van der Waals surface area contributed by atoms with Gasteiger partial charge in [-0.1, -0.05) is 0 Å². The third-order valence-corrected chi connectivity index (χ3v) is 3.75. The molecule has 0 aromatic rings. The highest BCUT2D eigenvalue weighted by Gasteiger charge is 2.45.